The van der Waals surface area contributed by atoms with Crippen molar-refractivity contribution in [2.45, 2.75) is 19.1 Å². The number of hydrogen-bond acceptors (Lipinski definition) is 7. The Morgan fingerprint density at radius 3 is 2.44 bits per heavy atom. The molecular formula is C21H23BrClN3O5S. The predicted molar refractivity (Wildman–Crippen MR) is 127 cm³/mol. The van der Waals surface area contributed by atoms with Gasteiger partial charge in [-0.15, -0.1) is 27.4 Å². The molecule has 2 N–H and O–H groups in total. The highest BCUT2D eigenvalue weighted by atomic mass is 79.9. The molecule has 2 unspecified atom stereocenters. The molecule has 172 valence electrons. The topological polar surface area (TPSA) is 99.3 Å². The maximum Gasteiger partial charge on any atom is 0.291 e. The predicted octanol–water partition coefficient (Wildman–Crippen LogP) is 4.68. The number of hydrogen-bond donors (Lipinski definition) is 2. The van der Waals surface area contributed by atoms with E-state index in [1.165, 1.54) is 11.3 Å². The molecule has 0 bridgehead atoms. The minimum atomic E-state index is -1.50. The molecule has 11 heteroatoms. The van der Waals surface area contributed by atoms with Crippen LogP contribution in [-0.2, 0) is 4.74 Å². The van der Waals surface area contributed by atoms with Crippen molar-refractivity contribution in [1.82, 2.24) is 9.80 Å². The molecule has 0 radical (unpaired) electrons. The van der Waals surface area contributed by atoms with Gasteiger partial charge in [0, 0.05) is 28.3 Å². The summed E-state index contributed by atoms with van der Waals surface area (Å²) in [4.78, 5) is 13.7. The van der Waals surface area contributed by atoms with Crippen LogP contribution in [0, 0.1) is 22.0 Å². The lowest BCUT2D eigenvalue weighted by atomic mass is 10.1. The van der Waals surface area contributed by atoms with E-state index in [-0.39, 0.29) is 6.10 Å². The molecule has 0 saturated heterocycles. The van der Waals surface area contributed by atoms with Crippen LogP contribution in [0.1, 0.15) is 29.6 Å². The van der Waals surface area contributed by atoms with Crippen LogP contribution in [0.5, 0.6) is 0 Å². The van der Waals surface area contributed by atoms with E-state index in [2.05, 4.69) is 37.6 Å². The van der Waals surface area contributed by atoms with Gasteiger partial charge in [-0.1, -0.05) is 45.6 Å². The Bertz CT molecular complexity index is 956. The summed E-state index contributed by atoms with van der Waals surface area (Å²) in [6, 6.07) is 11.7. The van der Waals surface area contributed by atoms with E-state index in [0.717, 1.165) is 19.2 Å². The Labute approximate surface area is 203 Å². The normalized spacial score (nSPS) is 14.2. The molecule has 2 aromatic rings. The summed E-state index contributed by atoms with van der Waals surface area (Å²) < 4.78 is 7.73. The van der Waals surface area contributed by atoms with Crippen molar-refractivity contribution in [3.8, 4) is 11.8 Å². The van der Waals surface area contributed by atoms with Crippen molar-refractivity contribution in [2.75, 3.05) is 26.4 Å². The van der Waals surface area contributed by atoms with Gasteiger partial charge in [0.2, 0.25) is 0 Å². The van der Waals surface area contributed by atoms with Gasteiger partial charge in [-0.2, -0.15) is 0 Å². The minimum Gasteiger partial charge on any atom is -0.387 e. The molecule has 0 spiro atoms. The van der Waals surface area contributed by atoms with Crippen LogP contribution >= 0.6 is 38.9 Å². The molecule has 0 amide bonds. The molecule has 0 saturated carbocycles. The largest absolute Gasteiger partial charge is 0.387 e. The monoisotopic (exact) mass is 543 g/mol. The molecule has 1 aromatic heterocycles. The highest BCUT2D eigenvalue weighted by molar-refractivity contribution is 9.10. The van der Waals surface area contributed by atoms with Crippen LogP contribution < -0.4 is 0 Å². The van der Waals surface area contributed by atoms with Gasteiger partial charge in [0.15, 0.2) is 0 Å². The second kappa shape index (κ2) is 13.3. The zero-order chi connectivity index (χ0) is 23.5. The summed E-state index contributed by atoms with van der Waals surface area (Å²) in [7, 11) is 0. The van der Waals surface area contributed by atoms with E-state index in [4.69, 9.17) is 31.7 Å². The Kier molecular flexibility index (Phi) is 10.8. The fraction of sp³-hybridized carbons (Fsp3) is 0.333. The van der Waals surface area contributed by atoms with E-state index in [9.17, 15) is 5.11 Å². The quantitative estimate of drug-likeness (QED) is 0.283. The highest BCUT2D eigenvalue weighted by Crippen LogP contribution is 2.30. The van der Waals surface area contributed by atoms with Gasteiger partial charge in [0.1, 0.15) is 12.7 Å². The molecule has 2 heterocycles. The van der Waals surface area contributed by atoms with Gasteiger partial charge in [-0.25, -0.2) is 0 Å². The van der Waals surface area contributed by atoms with Crippen molar-refractivity contribution in [3.63, 3.8) is 0 Å². The van der Waals surface area contributed by atoms with Crippen LogP contribution in [0.15, 0.2) is 53.3 Å². The summed E-state index contributed by atoms with van der Waals surface area (Å²) in [5.41, 5.74) is 0.905. The fourth-order valence-corrected chi connectivity index (χ4v) is 4.29. The third-order valence-electron chi connectivity index (χ3n) is 4.36. The molecule has 32 heavy (non-hydrogen) atoms. The van der Waals surface area contributed by atoms with E-state index >= 15 is 0 Å². The molecule has 1 aliphatic heterocycles. The zero-order valence-electron chi connectivity index (χ0n) is 17.2. The van der Waals surface area contributed by atoms with Gasteiger partial charge in [0.25, 0.3) is 5.09 Å². The maximum atomic E-state index is 10.5. The molecule has 1 aromatic carbocycles. The van der Waals surface area contributed by atoms with Crippen molar-refractivity contribution >= 4 is 38.9 Å². The van der Waals surface area contributed by atoms with Crippen LogP contribution in [0.4, 0.5) is 0 Å². The van der Waals surface area contributed by atoms with Gasteiger partial charge >= 0.3 is 0 Å². The average Bonchev–Trinajstić information content (AvgIpc) is 3.36. The SMILES string of the molecule is CC#CCOC(CN1C=CN(CC(O)c2ccc(Br)cc2)C1)c1ccc(Cl)s1.O=[N+]([O-])O. The number of halogens is 2. The summed E-state index contributed by atoms with van der Waals surface area (Å²) in [6.07, 6.45) is 3.40. The van der Waals surface area contributed by atoms with Crippen molar-refractivity contribution in [2.24, 2.45) is 0 Å². The first-order chi connectivity index (χ1) is 15.3. The molecule has 2 atom stereocenters. The van der Waals surface area contributed by atoms with Gasteiger partial charge in [0.05, 0.1) is 23.7 Å². The Hall–Kier alpha value is -2.29. The van der Waals surface area contributed by atoms with E-state index in [1.807, 2.05) is 48.8 Å². The third-order valence-corrected chi connectivity index (χ3v) is 6.21. The van der Waals surface area contributed by atoms with Crippen LogP contribution in [0.3, 0.4) is 0 Å². The number of thiophene rings is 1. The van der Waals surface area contributed by atoms with Gasteiger partial charge < -0.3 is 24.9 Å². The summed E-state index contributed by atoms with van der Waals surface area (Å²) in [5.74, 6) is 5.81. The van der Waals surface area contributed by atoms with Crippen molar-refractivity contribution in [3.05, 3.63) is 78.2 Å². The van der Waals surface area contributed by atoms with Crippen LogP contribution in [-0.4, -0.2) is 51.6 Å². The molecule has 3 rings (SSSR count). The third kappa shape index (κ3) is 9.06. The van der Waals surface area contributed by atoms with Gasteiger partial charge in [-0.05, 0) is 36.8 Å². The summed E-state index contributed by atoms with van der Waals surface area (Å²) >= 11 is 11.0. The molecule has 0 aliphatic carbocycles. The lowest BCUT2D eigenvalue weighted by molar-refractivity contribution is -0.742. The molecular weight excluding hydrogens is 522 g/mol. The number of ether oxygens (including phenoxy) is 1. The lowest BCUT2D eigenvalue weighted by Gasteiger charge is -2.26. The number of benzene rings is 1. The second-order valence-electron chi connectivity index (χ2n) is 6.66. The number of β-amino-alcohol motifs (C(OH)–C–C–N with tert-alkyl or cyclic N) is 1. The average molecular weight is 545 g/mol. The van der Waals surface area contributed by atoms with E-state index in [0.29, 0.717) is 26.4 Å². The number of rotatable bonds is 8. The zero-order valence-corrected chi connectivity index (χ0v) is 20.4. The van der Waals surface area contributed by atoms with Crippen molar-refractivity contribution in [1.29, 1.82) is 0 Å². The summed E-state index contributed by atoms with van der Waals surface area (Å²) in [5, 5.41) is 24.1. The van der Waals surface area contributed by atoms with Crippen LogP contribution in [0.25, 0.3) is 0 Å². The first-order valence-electron chi connectivity index (χ1n) is 9.48. The number of aliphatic hydroxyl groups excluding tert-OH is 1. The molecule has 8 nitrogen and oxygen atoms in total. The smallest absolute Gasteiger partial charge is 0.291 e. The van der Waals surface area contributed by atoms with Crippen LogP contribution in [0.2, 0.25) is 4.34 Å². The Morgan fingerprint density at radius 2 is 1.88 bits per heavy atom. The van der Waals surface area contributed by atoms with E-state index in [1.54, 1.807) is 6.92 Å². The Morgan fingerprint density at radius 1 is 1.25 bits per heavy atom. The number of nitrogens with zero attached hydrogens (tertiary/aromatic N) is 3. The fourth-order valence-electron chi connectivity index (χ4n) is 2.92. The second-order valence-corrected chi connectivity index (χ2v) is 9.32. The standard InChI is InChI=1S/C21H22BrClN2O2S.HNO3/c1-2-3-12-27-19(20-8-9-21(23)28-20)14-25-11-10-24(15-25)13-18(26)16-4-6-17(22)7-5-16;2-1(3)4/h4-11,18-19,26H,12-15H2,1H3;(H,2,3,4). The lowest BCUT2D eigenvalue weighted by Crippen LogP contribution is -2.31. The first kappa shape index (κ1) is 26.0. The Balaban J connectivity index is 0.000000837. The number of aliphatic hydroxyl groups is 1. The van der Waals surface area contributed by atoms with E-state index < -0.39 is 11.2 Å². The first-order valence-corrected chi connectivity index (χ1v) is 11.5. The molecule has 0 fully saturated rings. The molecule has 1 aliphatic rings. The van der Waals surface area contributed by atoms with Crippen molar-refractivity contribution < 1.29 is 20.1 Å². The minimum absolute atomic E-state index is 0.0978. The summed E-state index contributed by atoms with van der Waals surface area (Å²) in [6.45, 7) is 4.13. The van der Waals surface area contributed by atoms with Gasteiger partial charge in [-0.3, -0.25) is 0 Å². The highest BCUT2D eigenvalue weighted by Gasteiger charge is 2.22. The maximum absolute atomic E-state index is 10.5.